The van der Waals surface area contributed by atoms with Gasteiger partial charge in [0.25, 0.3) is 5.56 Å². The zero-order valence-corrected chi connectivity index (χ0v) is 12.4. The van der Waals surface area contributed by atoms with Crippen molar-refractivity contribution in [2.24, 2.45) is 0 Å². The average Bonchev–Trinajstić information content (AvgIpc) is 2.58. The number of pyridine rings is 2. The van der Waals surface area contributed by atoms with Gasteiger partial charge in [-0.05, 0) is 36.8 Å². The largest absolute Gasteiger partial charge is 0.355 e. The summed E-state index contributed by atoms with van der Waals surface area (Å²) in [6.45, 7) is 1.94. The van der Waals surface area contributed by atoms with Crippen molar-refractivity contribution in [2.45, 2.75) is 6.92 Å². The Morgan fingerprint density at radius 3 is 2.96 bits per heavy atom. The molecule has 0 spiro atoms. The summed E-state index contributed by atoms with van der Waals surface area (Å²) >= 11 is 0. The molecular formula is C17H13N5O. The van der Waals surface area contributed by atoms with E-state index in [0.29, 0.717) is 16.9 Å². The quantitative estimate of drug-likeness (QED) is 0.751. The molecule has 0 unspecified atom stereocenters. The van der Waals surface area contributed by atoms with Crippen molar-refractivity contribution in [3.05, 3.63) is 76.7 Å². The molecule has 0 saturated carbocycles. The zero-order valence-electron chi connectivity index (χ0n) is 12.4. The van der Waals surface area contributed by atoms with Crippen LogP contribution in [0.2, 0.25) is 0 Å². The molecule has 0 aromatic carbocycles. The van der Waals surface area contributed by atoms with E-state index in [0.717, 1.165) is 5.56 Å². The first-order valence-corrected chi connectivity index (χ1v) is 6.95. The van der Waals surface area contributed by atoms with Gasteiger partial charge in [-0.25, -0.2) is 4.98 Å². The molecule has 6 heteroatoms. The van der Waals surface area contributed by atoms with Crippen molar-refractivity contribution in [1.29, 1.82) is 5.26 Å². The van der Waals surface area contributed by atoms with Crippen molar-refractivity contribution in [2.75, 3.05) is 5.32 Å². The van der Waals surface area contributed by atoms with Gasteiger partial charge in [-0.2, -0.15) is 5.26 Å². The van der Waals surface area contributed by atoms with Gasteiger partial charge in [0.15, 0.2) is 0 Å². The number of rotatable bonds is 3. The van der Waals surface area contributed by atoms with E-state index in [4.69, 9.17) is 0 Å². The summed E-state index contributed by atoms with van der Waals surface area (Å²) in [7, 11) is 0. The van der Waals surface area contributed by atoms with Gasteiger partial charge in [-0.15, -0.1) is 0 Å². The monoisotopic (exact) mass is 303 g/mol. The van der Waals surface area contributed by atoms with Crippen molar-refractivity contribution >= 4 is 16.9 Å². The van der Waals surface area contributed by atoms with Gasteiger partial charge in [-0.3, -0.25) is 14.2 Å². The average molecular weight is 303 g/mol. The predicted octanol–water partition coefficient (Wildman–Crippen LogP) is 2.37. The van der Waals surface area contributed by atoms with Crippen molar-refractivity contribution in [1.82, 2.24) is 14.4 Å². The van der Waals surface area contributed by atoms with Crippen molar-refractivity contribution in [3.8, 4) is 6.07 Å². The Morgan fingerprint density at radius 1 is 1.35 bits per heavy atom. The fraction of sp³-hybridized carbons (Fsp3) is 0.0588. The van der Waals surface area contributed by atoms with Crippen LogP contribution in [0.15, 0.2) is 59.9 Å². The summed E-state index contributed by atoms with van der Waals surface area (Å²) in [5, 5.41) is 12.1. The summed E-state index contributed by atoms with van der Waals surface area (Å²) in [4.78, 5) is 20.8. The maximum absolute atomic E-state index is 12.4. The molecule has 1 N–H and O–H groups in total. The van der Waals surface area contributed by atoms with Crippen LogP contribution in [0.4, 0.5) is 5.69 Å². The van der Waals surface area contributed by atoms with Crippen LogP contribution in [0.1, 0.15) is 11.3 Å². The standard InChI is InChI=1S/C17H13N5O/c1-12-5-7-22-16(8-12)21-11-15(17(22)23)20-10-13(9-18)14-4-2-3-6-19-14/h2-8,10-11,20H,1H3/b13-10+. The van der Waals surface area contributed by atoms with E-state index in [1.165, 1.54) is 16.8 Å². The van der Waals surface area contributed by atoms with Crippen molar-refractivity contribution in [3.63, 3.8) is 0 Å². The number of nitrogens with one attached hydrogen (secondary N) is 1. The lowest BCUT2D eigenvalue weighted by molar-refractivity contribution is 1.04. The number of aryl methyl sites for hydroxylation is 1. The van der Waals surface area contributed by atoms with Crippen LogP contribution in [-0.2, 0) is 0 Å². The second kappa shape index (κ2) is 6.12. The van der Waals surface area contributed by atoms with Crippen LogP contribution in [-0.4, -0.2) is 14.4 Å². The third kappa shape index (κ3) is 2.94. The molecule has 0 aliphatic heterocycles. The number of nitrogens with zero attached hydrogens (tertiary/aromatic N) is 4. The van der Waals surface area contributed by atoms with Gasteiger partial charge in [0, 0.05) is 18.6 Å². The van der Waals surface area contributed by atoms with Gasteiger partial charge in [-0.1, -0.05) is 6.07 Å². The molecule has 0 saturated heterocycles. The summed E-state index contributed by atoms with van der Waals surface area (Å²) in [5.74, 6) is 0. The number of hydrogen-bond donors (Lipinski definition) is 1. The van der Waals surface area contributed by atoms with E-state index < -0.39 is 0 Å². The van der Waals surface area contributed by atoms with Gasteiger partial charge in [0.05, 0.1) is 17.5 Å². The topological polar surface area (TPSA) is 83.1 Å². The van der Waals surface area contributed by atoms with Gasteiger partial charge in [0.2, 0.25) is 0 Å². The number of hydrogen-bond acceptors (Lipinski definition) is 5. The smallest absolute Gasteiger partial charge is 0.281 e. The highest BCUT2D eigenvalue weighted by molar-refractivity contribution is 5.76. The Bertz CT molecular complexity index is 983. The van der Waals surface area contributed by atoms with Crippen LogP contribution >= 0.6 is 0 Å². The molecular weight excluding hydrogens is 290 g/mol. The third-order valence-corrected chi connectivity index (χ3v) is 3.30. The predicted molar refractivity (Wildman–Crippen MR) is 87.6 cm³/mol. The summed E-state index contributed by atoms with van der Waals surface area (Å²) in [5.41, 5.74) is 2.53. The van der Waals surface area contributed by atoms with E-state index in [-0.39, 0.29) is 11.2 Å². The molecule has 3 heterocycles. The van der Waals surface area contributed by atoms with E-state index in [2.05, 4.69) is 21.4 Å². The van der Waals surface area contributed by atoms with Crippen LogP contribution in [0.3, 0.4) is 0 Å². The molecule has 0 radical (unpaired) electrons. The van der Waals surface area contributed by atoms with Gasteiger partial charge in [0.1, 0.15) is 17.4 Å². The van der Waals surface area contributed by atoms with Crippen LogP contribution in [0, 0.1) is 18.3 Å². The van der Waals surface area contributed by atoms with Gasteiger partial charge < -0.3 is 5.32 Å². The molecule has 112 valence electrons. The molecule has 3 rings (SSSR count). The Kier molecular flexibility index (Phi) is 3.85. The minimum Gasteiger partial charge on any atom is -0.355 e. The molecule has 0 aliphatic rings. The number of nitriles is 1. The molecule has 0 fully saturated rings. The summed E-state index contributed by atoms with van der Waals surface area (Å²) < 4.78 is 1.45. The Labute approximate surface area is 132 Å². The van der Waals surface area contributed by atoms with E-state index >= 15 is 0 Å². The third-order valence-electron chi connectivity index (χ3n) is 3.30. The summed E-state index contributed by atoms with van der Waals surface area (Å²) in [6, 6.07) is 11.0. The van der Waals surface area contributed by atoms with Crippen molar-refractivity contribution < 1.29 is 0 Å². The molecule has 3 aromatic rings. The summed E-state index contributed by atoms with van der Waals surface area (Å²) in [6.07, 6.45) is 6.20. The minimum atomic E-state index is -0.232. The highest BCUT2D eigenvalue weighted by Gasteiger charge is 2.05. The second-order valence-corrected chi connectivity index (χ2v) is 4.94. The zero-order chi connectivity index (χ0) is 16.2. The molecule has 6 nitrogen and oxygen atoms in total. The number of anilines is 1. The normalized spacial score (nSPS) is 11.2. The Balaban J connectivity index is 1.97. The molecule has 0 atom stereocenters. The molecule has 0 aliphatic carbocycles. The van der Waals surface area contributed by atoms with Crippen LogP contribution in [0.5, 0.6) is 0 Å². The lowest BCUT2D eigenvalue weighted by Gasteiger charge is -2.05. The van der Waals surface area contributed by atoms with Crippen LogP contribution in [0.25, 0.3) is 11.2 Å². The van der Waals surface area contributed by atoms with Crippen LogP contribution < -0.4 is 10.9 Å². The fourth-order valence-electron chi connectivity index (χ4n) is 2.11. The molecule has 0 amide bonds. The Hall–Kier alpha value is -3.46. The second-order valence-electron chi connectivity index (χ2n) is 4.94. The lowest BCUT2D eigenvalue weighted by Crippen LogP contribution is -2.18. The SMILES string of the molecule is Cc1ccn2c(=O)c(N/C=C(\C#N)c3ccccn3)cnc2c1. The maximum atomic E-state index is 12.4. The molecule has 3 aromatic heterocycles. The number of fused-ring (bicyclic) bond motifs is 1. The Morgan fingerprint density at radius 2 is 2.22 bits per heavy atom. The minimum absolute atomic E-state index is 0.232. The lowest BCUT2D eigenvalue weighted by atomic mass is 10.2. The highest BCUT2D eigenvalue weighted by atomic mass is 16.1. The van der Waals surface area contributed by atoms with E-state index in [9.17, 15) is 10.1 Å². The number of allylic oxidation sites excluding steroid dienone is 1. The van der Waals surface area contributed by atoms with Gasteiger partial charge >= 0.3 is 0 Å². The first-order chi connectivity index (χ1) is 11.2. The van der Waals surface area contributed by atoms with E-state index in [1.807, 2.05) is 19.1 Å². The first-order valence-electron chi connectivity index (χ1n) is 6.95. The maximum Gasteiger partial charge on any atom is 0.281 e. The highest BCUT2D eigenvalue weighted by Crippen LogP contribution is 2.11. The van der Waals surface area contributed by atoms with E-state index in [1.54, 1.807) is 30.6 Å². The molecule has 0 bridgehead atoms. The first kappa shape index (κ1) is 14.5. The molecule has 23 heavy (non-hydrogen) atoms. The number of aromatic nitrogens is 3. The fourth-order valence-corrected chi connectivity index (χ4v) is 2.11.